The standard InChI is InChI=1S/C9H9ClO5S/c1-6(9(11)12)15-16(13,14)8-5-3-2-4-7(8)10/h2-6H,1H3,(H,11,12)/t6-/m0/s1. The normalized spacial score (nSPS) is 13.4. The number of hydrogen-bond acceptors (Lipinski definition) is 4. The van der Waals surface area contributed by atoms with E-state index in [4.69, 9.17) is 16.7 Å². The van der Waals surface area contributed by atoms with Crippen molar-refractivity contribution in [2.45, 2.75) is 17.9 Å². The lowest BCUT2D eigenvalue weighted by molar-refractivity contribution is -0.144. The van der Waals surface area contributed by atoms with E-state index in [-0.39, 0.29) is 9.92 Å². The highest BCUT2D eigenvalue weighted by atomic mass is 35.5. The predicted octanol–water partition coefficient (Wildman–Crippen LogP) is 1.52. The molecule has 1 atom stereocenters. The van der Waals surface area contributed by atoms with E-state index in [2.05, 4.69) is 4.18 Å². The van der Waals surface area contributed by atoms with E-state index in [0.717, 1.165) is 6.92 Å². The van der Waals surface area contributed by atoms with Gasteiger partial charge in [0.25, 0.3) is 10.1 Å². The van der Waals surface area contributed by atoms with Gasteiger partial charge in [0, 0.05) is 0 Å². The molecule has 1 aromatic carbocycles. The fourth-order valence-corrected chi connectivity index (χ4v) is 2.47. The van der Waals surface area contributed by atoms with Crippen LogP contribution in [0.4, 0.5) is 0 Å². The Kier molecular flexibility index (Phi) is 3.90. The summed E-state index contributed by atoms with van der Waals surface area (Å²) in [6, 6.07) is 5.64. The summed E-state index contributed by atoms with van der Waals surface area (Å²) in [6.45, 7) is 1.12. The SMILES string of the molecule is C[C@H](OS(=O)(=O)c1ccccc1Cl)C(=O)O. The predicted molar refractivity (Wildman–Crippen MR) is 56.8 cm³/mol. The molecule has 0 spiro atoms. The first kappa shape index (κ1) is 13.0. The topological polar surface area (TPSA) is 80.7 Å². The highest BCUT2D eigenvalue weighted by molar-refractivity contribution is 7.87. The van der Waals surface area contributed by atoms with Crippen LogP contribution in [-0.2, 0) is 19.1 Å². The molecule has 16 heavy (non-hydrogen) atoms. The summed E-state index contributed by atoms with van der Waals surface area (Å²) in [5.41, 5.74) is 0. The Morgan fingerprint density at radius 2 is 2.00 bits per heavy atom. The number of carbonyl (C=O) groups is 1. The van der Waals surface area contributed by atoms with Crippen molar-refractivity contribution in [2.75, 3.05) is 0 Å². The van der Waals surface area contributed by atoms with Crippen molar-refractivity contribution in [3.63, 3.8) is 0 Å². The van der Waals surface area contributed by atoms with Crippen LogP contribution in [0.5, 0.6) is 0 Å². The summed E-state index contributed by atoms with van der Waals surface area (Å²) in [5, 5.41) is 8.53. The van der Waals surface area contributed by atoms with E-state index >= 15 is 0 Å². The molecule has 0 saturated carbocycles. The van der Waals surface area contributed by atoms with Gasteiger partial charge in [-0.25, -0.2) is 4.79 Å². The van der Waals surface area contributed by atoms with Gasteiger partial charge >= 0.3 is 5.97 Å². The van der Waals surface area contributed by atoms with Crippen LogP contribution in [0, 0.1) is 0 Å². The van der Waals surface area contributed by atoms with Crippen molar-refractivity contribution < 1.29 is 22.5 Å². The average molecular weight is 265 g/mol. The van der Waals surface area contributed by atoms with Gasteiger partial charge in [0.1, 0.15) is 4.90 Å². The van der Waals surface area contributed by atoms with Crippen molar-refractivity contribution in [3.8, 4) is 0 Å². The minimum absolute atomic E-state index is 0.0138. The molecule has 1 N–H and O–H groups in total. The maximum atomic E-state index is 11.6. The van der Waals surface area contributed by atoms with Gasteiger partial charge in [0.15, 0.2) is 6.10 Å². The second kappa shape index (κ2) is 4.82. The van der Waals surface area contributed by atoms with Gasteiger partial charge in [-0.05, 0) is 19.1 Å². The van der Waals surface area contributed by atoms with Crippen molar-refractivity contribution in [1.82, 2.24) is 0 Å². The van der Waals surface area contributed by atoms with Crippen molar-refractivity contribution in [3.05, 3.63) is 29.3 Å². The Morgan fingerprint density at radius 3 is 2.50 bits per heavy atom. The molecule has 5 nitrogen and oxygen atoms in total. The number of carboxylic acid groups (broad SMARTS) is 1. The Hall–Kier alpha value is -1.11. The van der Waals surface area contributed by atoms with E-state index in [0.29, 0.717) is 0 Å². The summed E-state index contributed by atoms with van der Waals surface area (Å²) in [7, 11) is -4.15. The van der Waals surface area contributed by atoms with Gasteiger partial charge in [-0.15, -0.1) is 0 Å². The Labute approximate surface area is 97.7 Å². The van der Waals surface area contributed by atoms with Crippen molar-refractivity contribution in [2.24, 2.45) is 0 Å². The van der Waals surface area contributed by atoms with Gasteiger partial charge < -0.3 is 5.11 Å². The lowest BCUT2D eigenvalue weighted by Gasteiger charge is -2.09. The van der Waals surface area contributed by atoms with Gasteiger partial charge in [-0.1, -0.05) is 23.7 Å². The zero-order valence-electron chi connectivity index (χ0n) is 8.25. The summed E-state index contributed by atoms with van der Waals surface area (Å²) >= 11 is 5.67. The number of halogens is 1. The van der Waals surface area contributed by atoms with Crippen LogP contribution in [0.3, 0.4) is 0 Å². The van der Waals surface area contributed by atoms with Crippen LogP contribution in [0.15, 0.2) is 29.2 Å². The summed E-state index contributed by atoms with van der Waals surface area (Å²) in [4.78, 5) is 10.2. The molecule has 88 valence electrons. The first-order valence-corrected chi connectivity index (χ1v) is 6.04. The fraction of sp³-hybridized carbons (Fsp3) is 0.222. The maximum absolute atomic E-state index is 11.6. The second-order valence-corrected chi connectivity index (χ2v) is 4.91. The molecular weight excluding hydrogens is 256 g/mol. The van der Waals surface area contributed by atoms with E-state index in [1.807, 2.05) is 0 Å². The molecule has 0 aliphatic rings. The van der Waals surface area contributed by atoms with E-state index < -0.39 is 22.2 Å². The molecule has 0 aromatic heterocycles. The van der Waals surface area contributed by atoms with Crippen molar-refractivity contribution >= 4 is 27.7 Å². The highest BCUT2D eigenvalue weighted by Gasteiger charge is 2.24. The minimum atomic E-state index is -4.15. The molecule has 0 amide bonds. The maximum Gasteiger partial charge on any atom is 0.334 e. The average Bonchev–Trinajstić information content (AvgIpc) is 2.17. The van der Waals surface area contributed by atoms with Crippen LogP contribution in [0.2, 0.25) is 5.02 Å². The first-order valence-electron chi connectivity index (χ1n) is 4.25. The van der Waals surface area contributed by atoms with Crippen LogP contribution in [-0.4, -0.2) is 25.6 Å². The monoisotopic (exact) mass is 264 g/mol. The van der Waals surface area contributed by atoms with E-state index in [1.54, 1.807) is 6.07 Å². The molecule has 1 rings (SSSR count). The van der Waals surface area contributed by atoms with Gasteiger partial charge in [-0.2, -0.15) is 8.42 Å². The second-order valence-electron chi connectivity index (χ2n) is 2.96. The Bertz CT molecular complexity index is 496. The largest absolute Gasteiger partial charge is 0.479 e. The lowest BCUT2D eigenvalue weighted by atomic mass is 10.4. The molecule has 1 aromatic rings. The molecule has 0 aliphatic heterocycles. The molecule has 0 heterocycles. The lowest BCUT2D eigenvalue weighted by Crippen LogP contribution is -2.23. The number of benzene rings is 1. The van der Waals surface area contributed by atoms with Crippen LogP contribution in [0.25, 0.3) is 0 Å². The molecule has 0 radical (unpaired) electrons. The van der Waals surface area contributed by atoms with Crippen LogP contribution in [0.1, 0.15) is 6.92 Å². The molecule has 0 bridgehead atoms. The van der Waals surface area contributed by atoms with E-state index in [9.17, 15) is 13.2 Å². The molecule has 0 saturated heterocycles. The van der Waals surface area contributed by atoms with Gasteiger partial charge in [-0.3, -0.25) is 4.18 Å². The number of aliphatic carboxylic acids is 1. The minimum Gasteiger partial charge on any atom is -0.479 e. The molecule has 0 fully saturated rings. The third kappa shape index (κ3) is 2.94. The van der Waals surface area contributed by atoms with Gasteiger partial charge in [0.2, 0.25) is 0 Å². The van der Waals surface area contributed by atoms with Gasteiger partial charge in [0.05, 0.1) is 5.02 Å². The zero-order valence-corrected chi connectivity index (χ0v) is 9.83. The molecule has 0 unspecified atom stereocenters. The highest BCUT2D eigenvalue weighted by Crippen LogP contribution is 2.23. The van der Waals surface area contributed by atoms with Crippen molar-refractivity contribution in [1.29, 1.82) is 0 Å². The first-order chi connectivity index (χ1) is 7.34. The zero-order chi connectivity index (χ0) is 12.3. The van der Waals surface area contributed by atoms with Crippen LogP contribution < -0.4 is 0 Å². The number of carboxylic acids is 1. The molecule has 7 heteroatoms. The Balaban J connectivity index is 3.04. The smallest absolute Gasteiger partial charge is 0.334 e. The third-order valence-corrected chi connectivity index (χ3v) is 3.60. The van der Waals surface area contributed by atoms with E-state index in [1.165, 1.54) is 18.2 Å². The van der Waals surface area contributed by atoms with Crippen LogP contribution >= 0.6 is 11.6 Å². The quantitative estimate of drug-likeness (QED) is 0.834. The molecule has 0 aliphatic carbocycles. The molecular formula is C9H9ClO5S. The summed E-state index contributed by atoms with van der Waals surface area (Å²) < 4.78 is 27.7. The fourth-order valence-electron chi connectivity index (χ4n) is 0.930. The summed E-state index contributed by atoms with van der Waals surface area (Å²) in [5.74, 6) is -1.37. The summed E-state index contributed by atoms with van der Waals surface area (Å²) in [6.07, 6.45) is -1.46. The number of rotatable bonds is 4. The number of hydrogen-bond donors (Lipinski definition) is 1. The Morgan fingerprint density at radius 1 is 1.44 bits per heavy atom. The third-order valence-electron chi connectivity index (χ3n) is 1.72.